The van der Waals surface area contributed by atoms with Crippen molar-refractivity contribution in [1.82, 2.24) is 0 Å². The molecule has 7 heteroatoms. The van der Waals surface area contributed by atoms with Gasteiger partial charge in [-0.1, -0.05) is 30.3 Å². The van der Waals surface area contributed by atoms with Gasteiger partial charge in [0, 0.05) is 12.2 Å². The van der Waals surface area contributed by atoms with Crippen LogP contribution in [0.2, 0.25) is 0 Å². The molecule has 188 valence electrons. The van der Waals surface area contributed by atoms with Gasteiger partial charge in [-0.15, -0.1) is 0 Å². The number of nitrogens with zero attached hydrogens (tertiary/aromatic N) is 1. The van der Waals surface area contributed by atoms with Crippen LogP contribution in [0.3, 0.4) is 0 Å². The van der Waals surface area contributed by atoms with Crippen LogP contribution in [0.25, 0.3) is 0 Å². The van der Waals surface area contributed by atoms with Gasteiger partial charge in [0.25, 0.3) is 11.8 Å². The van der Waals surface area contributed by atoms with Gasteiger partial charge in [-0.05, 0) is 80.6 Å². The van der Waals surface area contributed by atoms with E-state index in [9.17, 15) is 9.59 Å². The summed E-state index contributed by atoms with van der Waals surface area (Å²) in [6, 6.07) is 19.1. The normalized spacial score (nSPS) is 12.5. The molecule has 0 aliphatic carbocycles. The Morgan fingerprint density at radius 3 is 2.53 bits per heavy atom. The Labute approximate surface area is 212 Å². The minimum absolute atomic E-state index is 0.00210. The molecular formula is C29H32N2O5. The first-order valence-corrected chi connectivity index (χ1v) is 12.2. The van der Waals surface area contributed by atoms with E-state index >= 15 is 0 Å². The van der Waals surface area contributed by atoms with E-state index in [0.717, 1.165) is 41.0 Å². The van der Waals surface area contributed by atoms with Crippen molar-refractivity contribution in [3.63, 3.8) is 0 Å². The molecule has 1 aliphatic heterocycles. The zero-order chi connectivity index (χ0) is 25.5. The van der Waals surface area contributed by atoms with Crippen LogP contribution in [0.4, 0.5) is 11.4 Å². The number of benzene rings is 3. The average Bonchev–Trinajstić information content (AvgIpc) is 2.85. The molecule has 1 N–H and O–H groups in total. The molecule has 4 rings (SSSR count). The van der Waals surface area contributed by atoms with Gasteiger partial charge < -0.3 is 24.4 Å². The molecule has 0 unspecified atom stereocenters. The molecule has 3 aromatic rings. The summed E-state index contributed by atoms with van der Waals surface area (Å²) in [5.74, 6) is 1.80. The van der Waals surface area contributed by atoms with Gasteiger partial charge in [0.05, 0.1) is 12.3 Å². The van der Waals surface area contributed by atoms with E-state index in [1.54, 1.807) is 23.1 Å². The number of fused-ring (bicyclic) bond motifs is 1. The van der Waals surface area contributed by atoms with E-state index in [-0.39, 0.29) is 25.0 Å². The van der Waals surface area contributed by atoms with Gasteiger partial charge in [-0.3, -0.25) is 9.59 Å². The van der Waals surface area contributed by atoms with Crippen molar-refractivity contribution in [3.05, 3.63) is 77.4 Å². The van der Waals surface area contributed by atoms with Crippen molar-refractivity contribution < 1.29 is 23.8 Å². The summed E-state index contributed by atoms with van der Waals surface area (Å²) in [6.45, 7) is 6.94. The smallest absolute Gasteiger partial charge is 0.265 e. The molecular weight excluding hydrogens is 456 g/mol. The Bertz CT molecular complexity index is 1220. The number of hydrogen-bond donors (Lipinski definition) is 1. The topological polar surface area (TPSA) is 77.1 Å². The zero-order valence-corrected chi connectivity index (χ0v) is 21.0. The van der Waals surface area contributed by atoms with E-state index < -0.39 is 0 Å². The number of aryl methyl sites for hydroxylation is 3. The van der Waals surface area contributed by atoms with E-state index in [0.29, 0.717) is 30.3 Å². The quantitative estimate of drug-likeness (QED) is 0.396. The maximum Gasteiger partial charge on any atom is 0.265 e. The second-order valence-corrected chi connectivity index (χ2v) is 8.95. The lowest BCUT2D eigenvalue weighted by Gasteiger charge is -2.30. The summed E-state index contributed by atoms with van der Waals surface area (Å²) in [6.07, 6.45) is 1.58. The van der Waals surface area contributed by atoms with Crippen LogP contribution in [0.5, 0.6) is 17.2 Å². The third kappa shape index (κ3) is 6.36. The predicted molar refractivity (Wildman–Crippen MR) is 140 cm³/mol. The van der Waals surface area contributed by atoms with Crippen LogP contribution in [0, 0.1) is 20.8 Å². The molecule has 1 heterocycles. The maximum atomic E-state index is 12.6. The predicted octanol–water partition coefficient (Wildman–Crippen LogP) is 5.21. The van der Waals surface area contributed by atoms with Crippen molar-refractivity contribution in [2.75, 3.05) is 36.6 Å². The Morgan fingerprint density at radius 2 is 1.75 bits per heavy atom. The molecule has 0 saturated heterocycles. The highest BCUT2D eigenvalue weighted by Gasteiger charge is 2.25. The van der Waals surface area contributed by atoms with Gasteiger partial charge in [-0.2, -0.15) is 0 Å². The van der Waals surface area contributed by atoms with E-state index in [4.69, 9.17) is 14.2 Å². The molecule has 7 nitrogen and oxygen atoms in total. The molecule has 0 radical (unpaired) electrons. The number of rotatable bonds is 10. The summed E-state index contributed by atoms with van der Waals surface area (Å²) in [5, 5.41) is 2.86. The lowest BCUT2D eigenvalue weighted by molar-refractivity contribution is -0.121. The number of carbonyl (C=O) groups is 2. The van der Waals surface area contributed by atoms with Crippen molar-refractivity contribution in [2.45, 2.75) is 33.6 Å². The van der Waals surface area contributed by atoms with Gasteiger partial charge in [0.15, 0.2) is 13.2 Å². The highest BCUT2D eigenvalue weighted by molar-refractivity contribution is 5.99. The first kappa shape index (κ1) is 25.1. The second-order valence-electron chi connectivity index (χ2n) is 8.95. The first-order chi connectivity index (χ1) is 17.4. The van der Waals surface area contributed by atoms with Gasteiger partial charge >= 0.3 is 0 Å². The number of ether oxygens (including phenoxy) is 3. The van der Waals surface area contributed by atoms with Gasteiger partial charge in [-0.25, -0.2) is 0 Å². The summed E-state index contributed by atoms with van der Waals surface area (Å²) < 4.78 is 17.2. The summed E-state index contributed by atoms with van der Waals surface area (Å²) in [5.41, 5.74) is 4.34. The SMILES string of the molecule is Cc1cccc(OCCCCN2C(=O)COc3ccc(NC(=O)COc4c(C)cccc4C)cc32)c1. The van der Waals surface area contributed by atoms with Crippen LogP contribution in [0.1, 0.15) is 29.5 Å². The van der Waals surface area contributed by atoms with Crippen LogP contribution in [0.15, 0.2) is 60.7 Å². The van der Waals surface area contributed by atoms with Crippen molar-refractivity contribution in [2.24, 2.45) is 0 Å². The van der Waals surface area contributed by atoms with Crippen molar-refractivity contribution in [3.8, 4) is 17.2 Å². The Hall–Kier alpha value is -4.00. The Balaban J connectivity index is 1.32. The van der Waals surface area contributed by atoms with Gasteiger partial charge in [0.1, 0.15) is 17.2 Å². The number of carbonyl (C=O) groups excluding carboxylic acids is 2. The standard InChI is InChI=1S/C29H32N2O5/c1-20-8-6-11-24(16-20)34-15-5-4-14-31-25-17-23(12-13-26(25)35-19-28(31)33)30-27(32)18-36-29-21(2)9-7-10-22(29)3/h6-13,16-17H,4-5,14-15,18-19H2,1-3H3,(H,30,32). The third-order valence-corrected chi connectivity index (χ3v) is 5.98. The van der Waals surface area contributed by atoms with Crippen LogP contribution in [-0.4, -0.2) is 38.2 Å². The molecule has 0 fully saturated rings. The zero-order valence-electron chi connectivity index (χ0n) is 21.0. The monoisotopic (exact) mass is 488 g/mol. The van der Waals surface area contributed by atoms with Crippen LogP contribution in [-0.2, 0) is 9.59 Å². The van der Waals surface area contributed by atoms with Crippen molar-refractivity contribution in [1.29, 1.82) is 0 Å². The van der Waals surface area contributed by atoms with E-state index in [2.05, 4.69) is 5.32 Å². The number of para-hydroxylation sites is 1. The van der Waals surface area contributed by atoms with E-state index in [1.165, 1.54) is 0 Å². The highest BCUT2D eigenvalue weighted by atomic mass is 16.5. The summed E-state index contributed by atoms with van der Waals surface area (Å²) >= 11 is 0. The molecule has 2 amide bonds. The highest BCUT2D eigenvalue weighted by Crippen LogP contribution is 2.35. The Kier molecular flexibility index (Phi) is 8.10. The fraction of sp³-hybridized carbons (Fsp3) is 0.310. The lowest BCUT2D eigenvalue weighted by Crippen LogP contribution is -2.39. The van der Waals surface area contributed by atoms with Crippen molar-refractivity contribution >= 4 is 23.2 Å². The average molecular weight is 489 g/mol. The molecule has 0 atom stereocenters. The molecule has 36 heavy (non-hydrogen) atoms. The van der Waals surface area contributed by atoms with Crippen LogP contribution >= 0.6 is 0 Å². The fourth-order valence-corrected chi connectivity index (χ4v) is 4.15. The number of amides is 2. The summed E-state index contributed by atoms with van der Waals surface area (Å²) in [4.78, 5) is 26.9. The minimum Gasteiger partial charge on any atom is -0.494 e. The largest absolute Gasteiger partial charge is 0.494 e. The molecule has 1 aliphatic rings. The summed E-state index contributed by atoms with van der Waals surface area (Å²) in [7, 11) is 0. The van der Waals surface area contributed by atoms with Gasteiger partial charge in [0.2, 0.25) is 0 Å². The molecule has 0 spiro atoms. The fourth-order valence-electron chi connectivity index (χ4n) is 4.15. The molecule has 3 aromatic carbocycles. The third-order valence-electron chi connectivity index (χ3n) is 5.98. The lowest BCUT2D eigenvalue weighted by atomic mass is 10.1. The van der Waals surface area contributed by atoms with E-state index in [1.807, 2.05) is 63.2 Å². The second kappa shape index (κ2) is 11.6. The minimum atomic E-state index is -0.277. The molecule has 0 aromatic heterocycles. The first-order valence-electron chi connectivity index (χ1n) is 12.2. The number of unbranched alkanes of at least 4 members (excludes halogenated alkanes) is 1. The number of anilines is 2. The Morgan fingerprint density at radius 1 is 0.972 bits per heavy atom. The molecule has 0 saturated carbocycles. The van der Waals surface area contributed by atoms with Crippen LogP contribution < -0.4 is 24.4 Å². The number of hydrogen-bond acceptors (Lipinski definition) is 5. The maximum absolute atomic E-state index is 12.6. The molecule has 0 bridgehead atoms. The number of nitrogens with one attached hydrogen (secondary N) is 1.